The van der Waals surface area contributed by atoms with Crippen molar-refractivity contribution in [3.05, 3.63) is 0 Å². The smallest absolute Gasteiger partial charge is 0.00773 e. The van der Waals surface area contributed by atoms with Crippen LogP contribution >= 0.6 is 24.0 Å². The predicted octanol–water partition coefficient (Wildman–Crippen LogP) is 2.64. The van der Waals surface area contributed by atoms with E-state index >= 15 is 0 Å². The Morgan fingerprint density at radius 2 is 0.692 bits per heavy atom. The fraction of sp³-hybridized carbons (Fsp3) is 1.00. The van der Waals surface area contributed by atoms with Gasteiger partial charge in [-0.1, -0.05) is 38.5 Å². The van der Waals surface area contributed by atoms with Crippen LogP contribution in [-0.4, -0.2) is 13.1 Å². The molecule has 82 valence electrons. The molecule has 0 aromatic heterocycles. The number of hydrogen-bond donors (Lipinski definition) is 2. The van der Waals surface area contributed by atoms with Gasteiger partial charge in [0.25, 0.3) is 0 Å². The number of rotatable bonds is 9. The topological polar surface area (TPSA) is 52.0 Å². The van der Waals surface area contributed by atoms with Crippen molar-refractivity contribution in [2.75, 3.05) is 13.1 Å². The highest BCUT2D eigenvalue weighted by Crippen LogP contribution is 2.07. The molecule has 0 saturated heterocycles. The molecule has 0 bridgehead atoms. The van der Waals surface area contributed by atoms with Gasteiger partial charge in [0, 0.05) is 0 Å². The first-order valence-corrected chi connectivity index (χ1v) is 5.32. The minimum atomic E-state index is 0. The first-order valence-electron chi connectivity index (χ1n) is 5.32. The van der Waals surface area contributed by atoms with Crippen LogP contribution in [0.25, 0.3) is 0 Å². The van der Waals surface area contributed by atoms with Gasteiger partial charge in [-0.2, -0.15) is 0 Å². The van der Waals surface area contributed by atoms with E-state index in [1.807, 2.05) is 0 Å². The predicted molar refractivity (Wildman–Crippen MR) is 70.5 cm³/mol. The Labute approximate surface area is 99.8 Å². The number of unbranched alkanes of at least 4 members (excludes halogenated alkanes) is 7. The molecule has 0 aliphatic heterocycles. The first kappa shape index (κ1) is 16.1. The Kier molecular flexibility index (Phi) is 18.7. The molecule has 0 aliphatic carbocycles. The Bertz CT molecular complexity index is 69.3. The zero-order valence-corrected chi connectivity index (χ0v) is 11.0. The van der Waals surface area contributed by atoms with Crippen molar-refractivity contribution in [3.8, 4) is 0 Å². The van der Waals surface area contributed by atoms with Gasteiger partial charge in [-0.05, 0) is 25.9 Å². The summed E-state index contributed by atoms with van der Waals surface area (Å²) in [5, 5.41) is 0. The average Bonchev–Trinajstić information content (AvgIpc) is 2.10. The molecule has 0 amide bonds. The second-order valence-corrected chi connectivity index (χ2v) is 3.41. The van der Waals surface area contributed by atoms with E-state index in [2.05, 4.69) is 0 Å². The van der Waals surface area contributed by atoms with Gasteiger partial charge in [0.2, 0.25) is 0 Å². The van der Waals surface area contributed by atoms with Crippen LogP contribution in [0.3, 0.4) is 0 Å². The van der Waals surface area contributed by atoms with Crippen LogP contribution in [0, 0.1) is 0 Å². The van der Waals surface area contributed by atoms with E-state index in [9.17, 15) is 0 Å². The third kappa shape index (κ3) is 15.4. The summed E-state index contributed by atoms with van der Waals surface area (Å²) in [6.45, 7) is 1.71. The molecule has 0 fully saturated rings. The molecular weight excluding hydrogens is 275 g/mol. The van der Waals surface area contributed by atoms with Crippen LogP contribution in [0.1, 0.15) is 51.4 Å². The van der Waals surface area contributed by atoms with Crippen molar-refractivity contribution in [3.63, 3.8) is 0 Å². The molecule has 4 N–H and O–H groups in total. The average molecular weight is 300 g/mol. The largest absolute Gasteiger partial charge is 0.330 e. The molecule has 0 saturated carbocycles. The van der Waals surface area contributed by atoms with Gasteiger partial charge in [0.05, 0.1) is 0 Å². The third-order valence-electron chi connectivity index (χ3n) is 2.16. The Morgan fingerprint density at radius 3 is 0.923 bits per heavy atom. The van der Waals surface area contributed by atoms with Crippen molar-refractivity contribution in [1.29, 1.82) is 0 Å². The van der Waals surface area contributed by atoms with Gasteiger partial charge in [-0.15, -0.1) is 24.0 Å². The zero-order chi connectivity index (χ0) is 9.07. The maximum Gasteiger partial charge on any atom is -0.00773 e. The molecule has 0 aromatic carbocycles. The van der Waals surface area contributed by atoms with Crippen LogP contribution in [0.5, 0.6) is 0 Å². The molecule has 0 radical (unpaired) electrons. The maximum absolute atomic E-state index is 5.40. The fourth-order valence-corrected chi connectivity index (χ4v) is 1.35. The lowest BCUT2D eigenvalue weighted by atomic mass is 10.1. The van der Waals surface area contributed by atoms with E-state index in [-0.39, 0.29) is 24.0 Å². The van der Waals surface area contributed by atoms with Crippen molar-refractivity contribution >= 4 is 24.0 Å². The summed E-state index contributed by atoms with van der Waals surface area (Å²) in [7, 11) is 0. The first-order chi connectivity index (χ1) is 5.91. The molecule has 0 atom stereocenters. The minimum Gasteiger partial charge on any atom is -0.330 e. The molecule has 0 heterocycles. The highest BCUT2D eigenvalue weighted by atomic mass is 127. The molecule has 13 heavy (non-hydrogen) atoms. The van der Waals surface area contributed by atoms with Crippen LogP contribution in [0.2, 0.25) is 0 Å². The summed E-state index contributed by atoms with van der Waals surface area (Å²) in [4.78, 5) is 0. The lowest BCUT2D eigenvalue weighted by molar-refractivity contribution is 0.572. The highest BCUT2D eigenvalue weighted by molar-refractivity contribution is 14.0. The summed E-state index contributed by atoms with van der Waals surface area (Å²) in [6, 6.07) is 0. The lowest BCUT2D eigenvalue weighted by Crippen LogP contribution is -1.98. The number of nitrogens with two attached hydrogens (primary N) is 2. The second-order valence-electron chi connectivity index (χ2n) is 3.41. The summed E-state index contributed by atoms with van der Waals surface area (Å²) >= 11 is 0. The van der Waals surface area contributed by atoms with Gasteiger partial charge in [-0.25, -0.2) is 0 Å². The van der Waals surface area contributed by atoms with Gasteiger partial charge in [0.1, 0.15) is 0 Å². The van der Waals surface area contributed by atoms with Crippen LogP contribution < -0.4 is 11.5 Å². The van der Waals surface area contributed by atoms with E-state index in [4.69, 9.17) is 11.5 Å². The van der Waals surface area contributed by atoms with Crippen molar-refractivity contribution in [2.45, 2.75) is 51.4 Å². The monoisotopic (exact) mass is 300 g/mol. The molecule has 2 nitrogen and oxygen atoms in total. The molecule has 3 heteroatoms. The van der Waals surface area contributed by atoms with Crippen LogP contribution in [0.4, 0.5) is 0 Å². The third-order valence-corrected chi connectivity index (χ3v) is 2.16. The summed E-state index contributed by atoms with van der Waals surface area (Å²) < 4.78 is 0. The Morgan fingerprint density at radius 1 is 0.462 bits per heavy atom. The standard InChI is InChI=1S/C10H24N2.HI/c11-9-7-5-3-1-2-4-6-8-10-12;/h1-12H2;1H. The normalized spacial score (nSPS) is 9.69. The molecule has 0 unspecified atom stereocenters. The van der Waals surface area contributed by atoms with E-state index < -0.39 is 0 Å². The second kappa shape index (κ2) is 15.1. The van der Waals surface area contributed by atoms with Crippen molar-refractivity contribution in [1.82, 2.24) is 0 Å². The number of halogens is 1. The lowest BCUT2D eigenvalue weighted by Gasteiger charge is -2.00. The zero-order valence-electron chi connectivity index (χ0n) is 8.63. The van der Waals surface area contributed by atoms with Crippen molar-refractivity contribution in [2.24, 2.45) is 11.5 Å². The van der Waals surface area contributed by atoms with Gasteiger partial charge in [0.15, 0.2) is 0 Å². The summed E-state index contributed by atoms with van der Waals surface area (Å²) in [6.07, 6.45) is 10.5. The van der Waals surface area contributed by atoms with E-state index in [0.717, 1.165) is 13.1 Å². The Hall–Kier alpha value is 0.650. The van der Waals surface area contributed by atoms with Crippen LogP contribution in [-0.2, 0) is 0 Å². The summed E-state index contributed by atoms with van der Waals surface area (Å²) in [5.41, 5.74) is 10.8. The van der Waals surface area contributed by atoms with E-state index in [1.54, 1.807) is 0 Å². The Balaban J connectivity index is 0. The molecule has 0 spiro atoms. The molecular formula is C10H25IN2. The molecule has 0 rings (SSSR count). The molecule has 0 aromatic rings. The van der Waals surface area contributed by atoms with Crippen molar-refractivity contribution < 1.29 is 0 Å². The SMILES string of the molecule is I.NCCCCCCCCCCN. The van der Waals surface area contributed by atoms with E-state index in [0.29, 0.717) is 0 Å². The van der Waals surface area contributed by atoms with Gasteiger partial charge >= 0.3 is 0 Å². The quantitative estimate of drug-likeness (QED) is 0.508. The highest BCUT2D eigenvalue weighted by Gasteiger charge is 1.90. The van der Waals surface area contributed by atoms with Crippen LogP contribution in [0.15, 0.2) is 0 Å². The summed E-state index contributed by atoms with van der Waals surface area (Å²) in [5.74, 6) is 0. The molecule has 0 aliphatic rings. The minimum absolute atomic E-state index is 0. The number of hydrogen-bond acceptors (Lipinski definition) is 2. The van der Waals surface area contributed by atoms with Gasteiger partial charge in [-0.3, -0.25) is 0 Å². The van der Waals surface area contributed by atoms with Gasteiger partial charge < -0.3 is 11.5 Å². The van der Waals surface area contributed by atoms with E-state index in [1.165, 1.54) is 51.4 Å². The maximum atomic E-state index is 5.40. The fourth-order valence-electron chi connectivity index (χ4n) is 1.35.